The zero-order chi connectivity index (χ0) is 14.8. The maximum Gasteiger partial charge on any atom is 0.248 e. The van der Waals surface area contributed by atoms with Crippen molar-refractivity contribution in [1.82, 2.24) is 4.98 Å². The molecule has 3 N–H and O–H groups in total. The molecule has 2 aromatic carbocycles. The Kier molecular flexibility index (Phi) is 3.77. The van der Waals surface area contributed by atoms with Gasteiger partial charge < -0.3 is 11.1 Å². The first kappa shape index (κ1) is 13.9. The van der Waals surface area contributed by atoms with Crippen molar-refractivity contribution in [1.29, 1.82) is 0 Å². The maximum absolute atomic E-state index is 11.0. The predicted molar refractivity (Wildman–Crippen MR) is 86.9 cm³/mol. The van der Waals surface area contributed by atoms with E-state index in [-0.39, 0.29) is 0 Å². The van der Waals surface area contributed by atoms with E-state index in [2.05, 4.69) is 10.3 Å². The standard InChI is InChI=1S/C15H12ClN3OS/c16-11-5-6-12-14(19-8-21-12)13(11)18-7-9-1-3-10(4-2-9)15(17)20/h1-6,8,18H,7H2,(H2,17,20). The zero-order valence-electron chi connectivity index (χ0n) is 11.0. The highest BCUT2D eigenvalue weighted by molar-refractivity contribution is 7.16. The molecule has 3 aromatic rings. The Labute approximate surface area is 130 Å². The van der Waals surface area contributed by atoms with Crippen molar-refractivity contribution in [3.8, 4) is 0 Å². The number of hydrogen-bond donors (Lipinski definition) is 2. The zero-order valence-corrected chi connectivity index (χ0v) is 12.5. The number of nitrogens with two attached hydrogens (primary N) is 1. The lowest BCUT2D eigenvalue weighted by Gasteiger charge is -2.09. The molecule has 21 heavy (non-hydrogen) atoms. The van der Waals surface area contributed by atoms with Gasteiger partial charge in [-0.15, -0.1) is 11.3 Å². The highest BCUT2D eigenvalue weighted by atomic mass is 35.5. The van der Waals surface area contributed by atoms with Crippen LogP contribution in [0.1, 0.15) is 15.9 Å². The molecule has 1 amide bonds. The number of hydrogen-bond acceptors (Lipinski definition) is 4. The fourth-order valence-corrected chi connectivity index (χ4v) is 2.96. The predicted octanol–water partition coefficient (Wildman–Crippen LogP) is 3.66. The second-order valence-electron chi connectivity index (χ2n) is 4.54. The normalized spacial score (nSPS) is 10.7. The molecule has 0 fully saturated rings. The fourth-order valence-electron chi connectivity index (χ4n) is 2.05. The van der Waals surface area contributed by atoms with Gasteiger partial charge in [0, 0.05) is 12.1 Å². The minimum absolute atomic E-state index is 0.426. The summed E-state index contributed by atoms with van der Waals surface area (Å²) in [5.74, 6) is -0.426. The van der Waals surface area contributed by atoms with E-state index < -0.39 is 5.91 Å². The quantitative estimate of drug-likeness (QED) is 0.771. The third-order valence-corrected chi connectivity index (χ3v) is 4.27. The number of thiazole rings is 1. The molecule has 0 unspecified atom stereocenters. The van der Waals surface area contributed by atoms with E-state index >= 15 is 0 Å². The Morgan fingerprint density at radius 2 is 2.00 bits per heavy atom. The Bertz CT molecular complexity index is 798. The number of primary amides is 1. The molecule has 1 heterocycles. The van der Waals surface area contributed by atoms with Gasteiger partial charge in [0.25, 0.3) is 0 Å². The van der Waals surface area contributed by atoms with Crippen molar-refractivity contribution in [2.45, 2.75) is 6.54 Å². The van der Waals surface area contributed by atoms with Crippen molar-refractivity contribution < 1.29 is 4.79 Å². The van der Waals surface area contributed by atoms with Crippen LogP contribution in [0.2, 0.25) is 5.02 Å². The molecule has 6 heteroatoms. The number of fused-ring (bicyclic) bond motifs is 1. The van der Waals surface area contributed by atoms with Gasteiger partial charge in [-0.3, -0.25) is 4.79 Å². The van der Waals surface area contributed by atoms with Gasteiger partial charge in [0.2, 0.25) is 5.91 Å². The van der Waals surface area contributed by atoms with Crippen molar-refractivity contribution in [3.05, 3.63) is 58.1 Å². The smallest absolute Gasteiger partial charge is 0.248 e. The summed E-state index contributed by atoms with van der Waals surface area (Å²) in [5, 5.41) is 3.94. The van der Waals surface area contributed by atoms with E-state index in [4.69, 9.17) is 17.3 Å². The number of nitrogens with zero attached hydrogens (tertiary/aromatic N) is 1. The molecule has 0 aliphatic carbocycles. The first-order valence-electron chi connectivity index (χ1n) is 6.29. The summed E-state index contributed by atoms with van der Waals surface area (Å²) in [6.07, 6.45) is 0. The van der Waals surface area contributed by atoms with Gasteiger partial charge in [-0.25, -0.2) is 4.98 Å². The van der Waals surface area contributed by atoms with Crippen LogP contribution in [0.25, 0.3) is 10.2 Å². The Morgan fingerprint density at radius 1 is 1.24 bits per heavy atom. The van der Waals surface area contributed by atoms with Crippen LogP contribution >= 0.6 is 22.9 Å². The lowest BCUT2D eigenvalue weighted by Crippen LogP contribution is -2.10. The van der Waals surface area contributed by atoms with Crippen LogP contribution in [0.4, 0.5) is 5.69 Å². The van der Waals surface area contributed by atoms with E-state index in [0.29, 0.717) is 17.1 Å². The van der Waals surface area contributed by atoms with E-state index in [0.717, 1.165) is 21.5 Å². The minimum atomic E-state index is -0.426. The number of benzene rings is 2. The number of carbonyl (C=O) groups is 1. The third kappa shape index (κ3) is 2.84. The summed E-state index contributed by atoms with van der Waals surface area (Å²) in [7, 11) is 0. The number of rotatable bonds is 4. The summed E-state index contributed by atoms with van der Waals surface area (Å²) < 4.78 is 1.09. The number of anilines is 1. The molecular formula is C15H12ClN3OS. The van der Waals surface area contributed by atoms with Crippen molar-refractivity contribution >= 4 is 44.7 Å². The molecule has 106 valence electrons. The number of nitrogens with one attached hydrogen (secondary N) is 1. The third-order valence-electron chi connectivity index (χ3n) is 3.16. The summed E-state index contributed by atoms with van der Waals surface area (Å²) in [5.41, 5.74) is 10.3. The van der Waals surface area contributed by atoms with Crippen molar-refractivity contribution in [2.24, 2.45) is 5.73 Å². The van der Waals surface area contributed by atoms with Crippen LogP contribution < -0.4 is 11.1 Å². The van der Waals surface area contributed by atoms with Crippen LogP contribution in [-0.4, -0.2) is 10.9 Å². The van der Waals surface area contributed by atoms with E-state index in [1.165, 1.54) is 0 Å². The molecule has 0 saturated carbocycles. The maximum atomic E-state index is 11.0. The average Bonchev–Trinajstić information content (AvgIpc) is 2.95. The van der Waals surface area contributed by atoms with Gasteiger partial charge in [0.1, 0.15) is 5.52 Å². The van der Waals surface area contributed by atoms with Crippen LogP contribution in [0.5, 0.6) is 0 Å². The van der Waals surface area contributed by atoms with E-state index in [9.17, 15) is 4.79 Å². The topological polar surface area (TPSA) is 68.0 Å². The largest absolute Gasteiger partial charge is 0.378 e. The molecule has 3 rings (SSSR count). The molecular weight excluding hydrogens is 306 g/mol. The summed E-state index contributed by atoms with van der Waals surface area (Å²) in [6.45, 7) is 0.593. The monoisotopic (exact) mass is 317 g/mol. The van der Waals surface area contributed by atoms with Crippen LogP contribution in [0.15, 0.2) is 41.9 Å². The lowest BCUT2D eigenvalue weighted by molar-refractivity contribution is 0.100. The molecule has 0 atom stereocenters. The summed E-state index contributed by atoms with van der Waals surface area (Å²) in [6, 6.07) is 11.0. The number of amides is 1. The van der Waals surface area contributed by atoms with Gasteiger partial charge in [0.05, 0.1) is 20.9 Å². The molecule has 1 aromatic heterocycles. The van der Waals surface area contributed by atoms with Crippen molar-refractivity contribution in [2.75, 3.05) is 5.32 Å². The molecule has 0 aliphatic rings. The Morgan fingerprint density at radius 3 is 2.71 bits per heavy atom. The Hall–Kier alpha value is -2.11. The molecule has 0 saturated heterocycles. The molecule has 0 aliphatic heterocycles. The molecule has 4 nitrogen and oxygen atoms in total. The van der Waals surface area contributed by atoms with Crippen LogP contribution in [-0.2, 0) is 6.54 Å². The average molecular weight is 318 g/mol. The number of aromatic nitrogens is 1. The molecule has 0 radical (unpaired) electrons. The fraction of sp³-hybridized carbons (Fsp3) is 0.0667. The summed E-state index contributed by atoms with van der Waals surface area (Å²) >= 11 is 7.81. The van der Waals surface area contributed by atoms with E-state index in [1.54, 1.807) is 29.0 Å². The minimum Gasteiger partial charge on any atom is -0.378 e. The van der Waals surface area contributed by atoms with E-state index in [1.807, 2.05) is 24.3 Å². The molecule has 0 spiro atoms. The van der Waals surface area contributed by atoms with Crippen LogP contribution in [0, 0.1) is 0 Å². The van der Waals surface area contributed by atoms with Gasteiger partial charge in [0.15, 0.2) is 0 Å². The first-order chi connectivity index (χ1) is 10.1. The first-order valence-corrected chi connectivity index (χ1v) is 7.55. The number of carbonyl (C=O) groups excluding carboxylic acids is 1. The SMILES string of the molecule is NC(=O)c1ccc(CNc2c(Cl)ccc3scnc23)cc1. The van der Waals surface area contributed by atoms with Gasteiger partial charge in [-0.2, -0.15) is 0 Å². The van der Waals surface area contributed by atoms with Gasteiger partial charge in [-0.05, 0) is 29.8 Å². The summed E-state index contributed by atoms with van der Waals surface area (Å²) in [4.78, 5) is 15.4. The highest BCUT2D eigenvalue weighted by Crippen LogP contribution is 2.32. The second-order valence-corrected chi connectivity index (χ2v) is 5.83. The Balaban J connectivity index is 1.81. The van der Waals surface area contributed by atoms with Gasteiger partial charge in [-0.1, -0.05) is 23.7 Å². The van der Waals surface area contributed by atoms with Crippen molar-refractivity contribution in [3.63, 3.8) is 0 Å². The molecule has 0 bridgehead atoms. The second kappa shape index (κ2) is 5.71. The number of halogens is 1. The van der Waals surface area contributed by atoms with Crippen LogP contribution in [0.3, 0.4) is 0 Å². The highest BCUT2D eigenvalue weighted by Gasteiger charge is 2.08. The lowest BCUT2D eigenvalue weighted by atomic mass is 10.1. The van der Waals surface area contributed by atoms with Gasteiger partial charge >= 0.3 is 0 Å².